The van der Waals surface area contributed by atoms with Gasteiger partial charge in [0.25, 0.3) is 5.56 Å². The summed E-state index contributed by atoms with van der Waals surface area (Å²) in [6.45, 7) is 4.50. The molecule has 2 heterocycles. The molecule has 1 aliphatic carbocycles. The molecule has 1 amide bonds. The van der Waals surface area contributed by atoms with E-state index in [1.807, 2.05) is 25.9 Å². The number of aromatic nitrogens is 2. The summed E-state index contributed by atoms with van der Waals surface area (Å²) in [7, 11) is 3.86. The van der Waals surface area contributed by atoms with Gasteiger partial charge in [-0.2, -0.15) is 0 Å². The number of carbonyl (C=O) groups is 1. The molecule has 0 fully saturated rings. The number of nitrogens with zero attached hydrogens (tertiary/aromatic N) is 3. The summed E-state index contributed by atoms with van der Waals surface area (Å²) >= 11 is 7.81. The Morgan fingerprint density at radius 1 is 1.39 bits per heavy atom. The minimum Gasteiger partial charge on any atom is -0.324 e. The SMILES string of the molecule is Cc1c(Cl)cccc1NC(=O)Cn1c(CN(C)C)nc2sc3c(c2c1=O)CCC(C)C3. The van der Waals surface area contributed by atoms with E-state index >= 15 is 0 Å². The highest BCUT2D eigenvalue weighted by Crippen LogP contribution is 2.36. The molecule has 4 rings (SSSR count). The molecule has 2 aromatic heterocycles. The molecule has 3 aromatic rings. The second-order valence-corrected chi connectivity index (χ2v) is 10.1. The molecule has 1 N–H and O–H groups in total. The van der Waals surface area contributed by atoms with Crippen LogP contribution in [0.1, 0.15) is 35.2 Å². The lowest BCUT2D eigenvalue weighted by molar-refractivity contribution is -0.116. The number of halogens is 1. The van der Waals surface area contributed by atoms with Crippen LogP contribution in [-0.4, -0.2) is 34.5 Å². The molecule has 0 spiro atoms. The first kappa shape index (κ1) is 22.0. The molecule has 0 bridgehead atoms. The van der Waals surface area contributed by atoms with Crippen LogP contribution in [-0.2, 0) is 30.7 Å². The van der Waals surface area contributed by atoms with Crippen molar-refractivity contribution in [3.63, 3.8) is 0 Å². The zero-order chi connectivity index (χ0) is 22.3. The molecule has 31 heavy (non-hydrogen) atoms. The monoisotopic (exact) mass is 458 g/mol. The number of thiophene rings is 1. The fourth-order valence-electron chi connectivity index (χ4n) is 4.11. The summed E-state index contributed by atoms with van der Waals surface area (Å²) in [5, 5.41) is 4.18. The highest BCUT2D eigenvalue weighted by Gasteiger charge is 2.25. The molecule has 6 nitrogen and oxygen atoms in total. The Bertz CT molecular complexity index is 1210. The number of carbonyl (C=O) groups excluding carboxylic acids is 1. The first-order chi connectivity index (χ1) is 14.7. The average Bonchev–Trinajstić information content (AvgIpc) is 3.05. The van der Waals surface area contributed by atoms with Crippen molar-refractivity contribution in [1.29, 1.82) is 0 Å². The number of amides is 1. The van der Waals surface area contributed by atoms with E-state index in [0.717, 1.165) is 35.2 Å². The summed E-state index contributed by atoms with van der Waals surface area (Å²) < 4.78 is 1.53. The normalized spacial score (nSPS) is 16.0. The van der Waals surface area contributed by atoms with Gasteiger partial charge in [0, 0.05) is 15.6 Å². The number of fused-ring (bicyclic) bond motifs is 3. The van der Waals surface area contributed by atoms with E-state index in [9.17, 15) is 9.59 Å². The number of hydrogen-bond donors (Lipinski definition) is 1. The van der Waals surface area contributed by atoms with E-state index in [1.165, 1.54) is 9.44 Å². The summed E-state index contributed by atoms with van der Waals surface area (Å²) in [5.74, 6) is 0.953. The van der Waals surface area contributed by atoms with Gasteiger partial charge in [0.1, 0.15) is 17.2 Å². The van der Waals surface area contributed by atoms with Crippen molar-refractivity contribution in [2.45, 2.75) is 46.2 Å². The van der Waals surface area contributed by atoms with Gasteiger partial charge in [0.05, 0.1) is 11.9 Å². The van der Waals surface area contributed by atoms with E-state index in [1.54, 1.807) is 29.5 Å². The van der Waals surface area contributed by atoms with Crippen LogP contribution in [0.25, 0.3) is 10.2 Å². The van der Waals surface area contributed by atoms with E-state index in [4.69, 9.17) is 16.6 Å². The quantitative estimate of drug-likeness (QED) is 0.620. The Balaban J connectivity index is 1.74. The van der Waals surface area contributed by atoms with Gasteiger partial charge in [0.15, 0.2) is 0 Å². The summed E-state index contributed by atoms with van der Waals surface area (Å²) in [4.78, 5) is 35.3. The molecule has 0 saturated heterocycles. The molecule has 0 aliphatic heterocycles. The van der Waals surface area contributed by atoms with Crippen LogP contribution in [0.5, 0.6) is 0 Å². The molecule has 1 unspecified atom stereocenters. The van der Waals surface area contributed by atoms with Gasteiger partial charge in [-0.15, -0.1) is 11.3 Å². The lowest BCUT2D eigenvalue weighted by Crippen LogP contribution is -2.33. The highest BCUT2D eigenvalue weighted by atomic mass is 35.5. The number of aryl methyl sites for hydroxylation is 1. The van der Waals surface area contributed by atoms with Crippen molar-refractivity contribution in [3.05, 3.63) is 55.4 Å². The van der Waals surface area contributed by atoms with E-state index < -0.39 is 0 Å². The van der Waals surface area contributed by atoms with Gasteiger partial charge in [0.2, 0.25) is 5.91 Å². The Labute approximate surface area is 190 Å². The van der Waals surface area contributed by atoms with Crippen molar-refractivity contribution >= 4 is 44.7 Å². The molecule has 1 atom stereocenters. The molecule has 0 radical (unpaired) electrons. The maximum Gasteiger partial charge on any atom is 0.263 e. The van der Waals surface area contributed by atoms with Crippen LogP contribution < -0.4 is 10.9 Å². The van der Waals surface area contributed by atoms with Crippen molar-refractivity contribution in [2.24, 2.45) is 5.92 Å². The first-order valence-electron chi connectivity index (χ1n) is 10.5. The van der Waals surface area contributed by atoms with Gasteiger partial charge in [-0.05, 0) is 69.5 Å². The van der Waals surface area contributed by atoms with Crippen LogP contribution >= 0.6 is 22.9 Å². The fourth-order valence-corrected chi connectivity index (χ4v) is 5.67. The molecular weight excluding hydrogens is 432 g/mol. The van der Waals surface area contributed by atoms with Gasteiger partial charge in [-0.1, -0.05) is 24.6 Å². The number of anilines is 1. The predicted octanol–water partition coefficient (Wildman–Crippen LogP) is 4.24. The van der Waals surface area contributed by atoms with Crippen LogP contribution in [0.3, 0.4) is 0 Å². The number of nitrogens with one attached hydrogen (secondary N) is 1. The minimum atomic E-state index is -0.272. The van der Waals surface area contributed by atoms with E-state index in [2.05, 4.69) is 12.2 Å². The molecule has 0 saturated carbocycles. The largest absolute Gasteiger partial charge is 0.324 e. The third kappa shape index (κ3) is 4.40. The van der Waals surface area contributed by atoms with Crippen molar-refractivity contribution in [3.8, 4) is 0 Å². The molecule has 164 valence electrons. The van der Waals surface area contributed by atoms with Gasteiger partial charge in [-0.25, -0.2) is 4.98 Å². The second-order valence-electron chi connectivity index (χ2n) is 8.65. The van der Waals surface area contributed by atoms with Gasteiger partial charge in [-0.3, -0.25) is 14.2 Å². The molecular formula is C23H27ClN4O2S. The summed E-state index contributed by atoms with van der Waals surface area (Å²) in [5.41, 5.74) is 2.46. The van der Waals surface area contributed by atoms with Crippen LogP contribution in [0.2, 0.25) is 5.02 Å². The van der Waals surface area contributed by atoms with Crippen molar-refractivity contribution < 1.29 is 4.79 Å². The zero-order valence-corrected chi connectivity index (χ0v) is 19.9. The van der Waals surface area contributed by atoms with Crippen LogP contribution in [0, 0.1) is 12.8 Å². The third-order valence-electron chi connectivity index (χ3n) is 5.80. The highest BCUT2D eigenvalue weighted by molar-refractivity contribution is 7.18. The van der Waals surface area contributed by atoms with E-state index in [0.29, 0.717) is 34.4 Å². The molecule has 8 heteroatoms. The van der Waals surface area contributed by atoms with Crippen molar-refractivity contribution in [2.75, 3.05) is 19.4 Å². The first-order valence-corrected chi connectivity index (χ1v) is 11.7. The standard InChI is InChI=1S/C23H27ClN4O2S/c1-13-8-9-15-18(10-13)31-22-21(15)23(30)28(19(26-22)11-27(3)4)12-20(29)25-17-7-5-6-16(24)14(17)2/h5-7,13H,8-12H2,1-4H3,(H,25,29). The second kappa shape index (κ2) is 8.73. The fraction of sp³-hybridized carbons (Fsp3) is 0.435. The maximum atomic E-state index is 13.6. The minimum absolute atomic E-state index is 0.0854. The molecule has 1 aromatic carbocycles. The van der Waals surface area contributed by atoms with Crippen LogP contribution in [0.15, 0.2) is 23.0 Å². The predicted molar refractivity (Wildman–Crippen MR) is 127 cm³/mol. The summed E-state index contributed by atoms with van der Waals surface area (Å²) in [6, 6.07) is 5.38. The Hall–Kier alpha value is -2.22. The van der Waals surface area contributed by atoms with Crippen molar-refractivity contribution in [1.82, 2.24) is 14.5 Å². The topological polar surface area (TPSA) is 67.2 Å². The Morgan fingerprint density at radius 2 is 2.16 bits per heavy atom. The average molecular weight is 459 g/mol. The lowest BCUT2D eigenvalue weighted by Gasteiger charge is -2.18. The van der Waals surface area contributed by atoms with Gasteiger partial charge >= 0.3 is 0 Å². The van der Waals surface area contributed by atoms with Crippen LogP contribution in [0.4, 0.5) is 5.69 Å². The lowest BCUT2D eigenvalue weighted by atomic mass is 9.89. The maximum absolute atomic E-state index is 13.6. The van der Waals surface area contributed by atoms with E-state index in [-0.39, 0.29) is 18.0 Å². The number of rotatable bonds is 5. The Morgan fingerprint density at radius 3 is 2.90 bits per heavy atom. The smallest absolute Gasteiger partial charge is 0.263 e. The van der Waals surface area contributed by atoms with Gasteiger partial charge < -0.3 is 10.2 Å². The zero-order valence-electron chi connectivity index (χ0n) is 18.3. The molecule has 1 aliphatic rings. The number of benzene rings is 1. The third-order valence-corrected chi connectivity index (χ3v) is 7.35. The Kier molecular flexibility index (Phi) is 6.19. The number of hydrogen-bond acceptors (Lipinski definition) is 5. The summed E-state index contributed by atoms with van der Waals surface area (Å²) in [6.07, 6.45) is 2.97.